The average Bonchev–Trinajstić information content (AvgIpc) is 2.86. The Kier molecular flexibility index (Phi) is 3.53. The molecule has 0 atom stereocenters. The molecular weight excluding hydrogens is 284 g/mol. The minimum absolute atomic E-state index is 0.145. The maximum Gasteiger partial charge on any atom is 0.152 e. The van der Waals surface area contributed by atoms with Gasteiger partial charge in [0.1, 0.15) is 11.6 Å². The number of benzene rings is 2. The van der Waals surface area contributed by atoms with Gasteiger partial charge < -0.3 is 4.98 Å². The third kappa shape index (κ3) is 2.30. The number of halogens is 2. The molecule has 1 N–H and O–H groups in total. The second-order valence-electron chi connectivity index (χ2n) is 5.62. The Morgan fingerprint density at radius 2 is 1.77 bits per heavy atom. The van der Waals surface area contributed by atoms with Crippen LogP contribution in [0.3, 0.4) is 0 Å². The second-order valence-corrected chi connectivity index (χ2v) is 5.62. The number of aromatic amines is 1. The largest absolute Gasteiger partial charge is 0.352 e. The van der Waals surface area contributed by atoms with Crippen molar-refractivity contribution in [1.29, 1.82) is 0 Å². The molecule has 3 aromatic rings. The molecule has 1 heterocycles. The summed E-state index contributed by atoms with van der Waals surface area (Å²) in [6.45, 7) is 4.18. The molecule has 0 amide bonds. The van der Waals surface area contributed by atoms with Crippen LogP contribution in [0.1, 0.15) is 35.7 Å². The summed E-state index contributed by atoms with van der Waals surface area (Å²) in [6.07, 6.45) is 0.628. The fourth-order valence-corrected chi connectivity index (χ4v) is 2.62. The summed E-state index contributed by atoms with van der Waals surface area (Å²) in [6, 6.07) is 9.67. The lowest BCUT2D eigenvalue weighted by molar-refractivity contribution is 0.112. The van der Waals surface area contributed by atoms with E-state index in [1.54, 1.807) is 0 Å². The molecule has 0 aliphatic heterocycles. The molecule has 0 bridgehead atoms. The summed E-state index contributed by atoms with van der Waals surface area (Å²) in [5, 5.41) is 0.260. The van der Waals surface area contributed by atoms with Crippen LogP contribution in [0.2, 0.25) is 0 Å². The van der Waals surface area contributed by atoms with Crippen molar-refractivity contribution in [2.45, 2.75) is 19.8 Å². The standard InChI is InChI=1S/C18H15F2NO/c1-10(2)11-3-5-12(6-4-11)17-15(9-22)14-7-13(19)8-16(20)18(14)21-17/h3-10,21H,1-2H3. The van der Waals surface area contributed by atoms with Crippen LogP contribution in [-0.2, 0) is 0 Å². The minimum Gasteiger partial charge on any atom is -0.352 e. The first-order chi connectivity index (χ1) is 10.5. The minimum atomic E-state index is -0.705. The monoisotopic (exact) mass is 299 g/mol. The van der Waals surface area contributed by atoms with Crippen molar-refractivity contribution in [2.24, 2.45) is 0 Å². The van der Waals surface area contributed by atoms with Gasteiger partial charge in [0.25, 0.3) is 0 Å². The van der Waals surface area contributed by atoms with Gasteiger partial charge in [0.15, 0.2) is 6.29 Å². The molecule has 1 aromatic heterocycles. The van der Waals surface area contributed by atoms with Gasteiger partial charge in [-0.25, -0.2) is 8.78 Å². The molecule has 0 saturated heterocycles. The van der Waals surface area contributed by atoms with Crippen LogP contribution >= 0.6 is 0 Å². The van der Waals surface area contributed by atoms with Gasteiger partial charge in [-0.2, -0.15) is 0 Å². The normalized spacial score (nSPS) is 11.3. The lowest BCUT2D eigenvalue weighted by Gasteiger charge is -2.06. The topological polar surface area (TPSA) is 32.9 Å². The summed E-state index contributed by atoms with van der Waals surface area (Å²) < 4.78 is 27.3. The van der Waals surface area contributed by atoms with Crippen LogP contribution in [0.25, 0.3) is 22.2 Å². The van der Waals surface area contributed by atoms with Crippen molar-refractivity contribution < 1.29 is 13.6 Å². The zero-order valence-electron chi connectivity index (χ0n) is 12.3. The molecule has 0 aliphatic rings. The van der Waals surface area contributed by atoms with Crippen molar-refractivity contribution in [2.75, 3.05) is 0 Å². The highest BCUT2D eigenvalue weighted by molar-refractivity contribution is 6.04. The first-order valence-electron chi connectivity index (χ1n) is 7.07. The quantitative estimate of drug-likeness (QED) is 0.674. The molecule has 4 heteroatoms. The van der Waals surface area contributed by atoms with Gasteiger partial charge >= 0.3 is 0 Å². The predicted octanol–water partition coefficient (Wildman–Crippen LogP) is 5.05. The number of fused-ring (bicyclic) bond motifs is 1. The zero-order valence-corrected chi connectivity index (χ0v) is 12.3. The Morgan fingerprint density at radius 1 is 1.09 bits per heavy atom. The highest BCUT2D eigenvalue weighted by Crippen LogP contribution is 2.31. The summed E-state index contributed by atoms with van der Waals surface area (Å²) in [7, 11) is 0. The van der Waals surface area contributed by atoms with Gasteiger partial charge in [-0.1, -0.05) is 38.1 Å². The molecule has 0 radical (unpaired) electrons. The Labute approximate surface area is 126 Å². The van der Waals surface area contributed by atoms with Crippen molar-refractivity contribution in [3.05, 3.63) is 59.2 Å². The molecular formula is C18H15F2NO. The van der Waals surface area contributed by atoms with E-state index < -0.39 is 11.6 Å². The van der Waals surface area contributed by atoms with E-state index in [9.17, 15) is 13.6 Å². The van der Waals surface area contributed by atoms with Crippen molar-refractivity contribution in [3.8, 4) is 11.3 Å². The van der Waals surface area contributed by atoms with Gasteiger partial charge in [0.05, 0.1) is 11.2 Å². The molecule has 2 nitrogen and oxygen atoms in total. The lowest BCUT2D eigenvalue weighted by Crippen LogP contribution is -1.88. The Balaban J connectivity index is 2.22. The SMILES string of the molecule is CC(C)c1ccc(-c2[nH]c3c(F)cc(F)cc3c2C=O)cc1. The lowest BCUT2D eigenvalue weighted by atomic mass is 9.99. The van der Waals surface area contributed by atoms with E-state index in [2.05, 4.69) is 18.8 Å². The first kappa shape index (κ1) is 14.4. The van der Waals surface area contributed by atoms with Gasteiger partial charge in [0, 0.05) is 17.0 Å². The van der Waals surface area contributed by atoms with E-state index >= 15 is 0 Å². The number of aromatic nitrogens is 1. The number of hydrogen-bond acceptors (Lipinski definition) is 1. The van der Waals surface area contributed by atoms with Gasteiger partial charge in [-0.15, -0.1) is 0 Å². The molecule has 0 unspecified atom stereocenters. The van der Waals surface area contributed by atoms with Gasteiger partial charge in [-0.3, -0.25) is 4.79 Å². The van der Waals surface area contributed by atoms with Crippen molar-refractivity contribution >= 4 is 17.2 Å². The summed E-state index contributed by atoms with van der Waals surface area (Å²) >= 11 is 0. The number of nitrogens with one attached hydrogen (secondary N) is 1. The molecule has 2 aromatic carbocycles. The number of rotatable bonds is 3. The van der Waals surface area contributed by atoms with Crippen LogP contribution in [-0.4, -0.2) is 11.3 Å². The highest BCUT2D eigenvalue weighted by atomic mass is 19.1. The maximum absolute atomic E-state index is 13.9. The predicted molar refractivity (Wildman–Crippen MR) is 83.1 cm³/mol. The van der Waals surface area contributed by atoms with Crippen LogP contribution in [0.15, 0.2) is 36.4 Å². The number of aldehydes is 1. The van der Waals surface area contributed by atoms with E-state index in [1.165, 1.54) is 11.6 Å². The van der Waals surface area contributed by atoms with E-state index in [1.807, 2.05) is 24.3 Å². The fourth-order valence-electron chi connectivity index (χ4n) is 2.62. The Hall–Kier alpha value is -2.49. The molecule has 0 fully saturated rings. The number of carbonyl (C=O) groups is 1. The summed E-state index contributed by atoms with van der Waals surface area (Å²) in [4.78, 5) is 14.3. The average molecular weight is 299 g/mol. The molecule has 112 valence electrons. The molecule has 0 saturated carbocycles. The maximum atomic E-state index is 13.9. The fraction of sp³-hybridized carbons (Fsp3) is 0.167. The third-order valence-electron chi connectivity index (χ3n) is 3.85. The van der Waals surface area contributed by atoms with E-state index in [0.29, 0.717) is 17.9 Å². The van der Waals surface area contributed by atoms with E-state index in [0.717, 1.165) is 11.6 Å². The zero-order chi connectivity index (χ0) is 15.9. The number of H-pyrrole nitrogens is 1. The van der Waals surface area contributed by atoms with Crippen LogP contribution in [0.4, 0.5) is 8.78 Å². The Bertz CT molecular complexity index is 848. The van der Waals surface area contributed by atoms with Crippen LogP contribution in [0.5, 0.6) is 0 Å². The van der Waals surface area contributed by atoms with Gasteiger partial charge in [0.2, 0.25) is 0 Å². The van der Waals surface area contributed by atoms with Crippen molar-refractivity contribution in [3.63, 3.8) is 0 Å². The smallest absolute Gasteiger partial charge is 0.152 e. The summed E-state index contributed by atoms with van der Waals surface area (Å²) in [5.74, 6) is -1.01. The molecule has 3 rings (SSSR count). The molecule has 0 aliphatic carbocycles. The second kappa shape index (κ2) is 5.37. The third-order valence-corrected chi connectivity index (χ3v) is 3.85. The van der Waals surface area contributed by atoms with Crippen molar-refractivity contribution in [1.82, 2.24) is 4.98 Å². The number of carbonyl (C=O) groups excluding carboxylic acids is 1. The van der Waals surface area contributed by atoms with Gasteiger partial charge in [-0.05, 0) is 23.1 Å². The molecule has 22 heavy (non-hydrogen) atoms. The number of hydrogen-bond donors (Lipinski definition) is 1. The van der Waals surface area contributed by atoms with Crippen LogP contribution < -0.4 is 0 Å². The molecule has 0 spiro atoms. The van der Waals surface area contributed by atoms with E-state index in [4.69, 9.17) is 0 Å². The van der Waals surface area contributed by atoms with Crippen LogP contribution in [0, 0.1) is 11.6 Å². The first-order valence-corrected chi connectivity index (χ1v) is 7.07. The Morgan fingerprint density at radius 3 is 2.36 bits per heavy atom. The summed E-state index contributed by atoms with van der Waals surface area (Å²) in [5.41, 5.74) is 2.86. The van der Waals surface area contributed by atoms with E-state index in [-0.39, 0.29) is 16.5 Å². The highest BCUT2D eigenvalue weighted by Gasteiger charge is 2.16.